The molecule has 0 radical (unpaired) electrons. The maximum atomic E-state index is 6.56. The third-order valence-electron chi connectivity index (χ3n) is 4.99. The van der Waals surface area contributed by atoms with Crippen LogP contribution in [0.1, 0.15) is 32.3 Å². The second kappa shape index (κ2) is 7.87. The average Bonchev–Trinajstić information content (AvgIpc) is 3.05. The highest BCUT2D eigenvalue weighted by molar-refractivity contribution is 6.31. The molecule has 1 aromatic rings. The van der Waals surface area contributed by atoms with E-state index >= 15 is 0 Å². The smallest absolute Gasteiger partial charge is 0.0471 e. The van der Waals surface area contributed by atoms with Gasteiger partial charge in [0.25, 0.3) is 0 Å². The van der Waals surface area contributed by atoms with Crippen molar-refractivity contribution in [3.63, 3.8) is 0 Å². The van der Waals surface area contributed by atoms with Crippen molar-refractivity contribution in [1.82, 2.24) is 9.80 Å². The molecule has 2 fully saturated rings. The van der Waals surface area contributed by atoms with Crippen molar-refractivity contribution in [3.05, 3.63) is 28.8 Å². The minimum atomic E-state index is 0.758. The van der Waals surface area contributed by atoms with Crippen LogP contribution < -0.4 is 4.90 Å². The summed E-state index contributed by atoms with van der Waals surface area (Å²) in [5, 5.41) is 0.930. The summed E-state index contributed by atoms with van der Waals surface area (Å²) in [4.78, 5) is 7.56. The van der Waals surface area contributed by atoms with Gasteiger partial charge < -0.3 is 9.80 Å². The Kier molecular flexibility index (Phi) is 5.84. The number of rotatable bonds is 5. The predicted molar refractivity (Wildman–Crippen MR) is 99.5 cm³/mol. The molecule has 4 heteroatoms. The van der Waals surface area contributed by atoms with Gasteiger partial charge in [0.2, 0.25) is 0 Å². The first-order chi connectivity index (χ1) is 11.1. The minimum Gasteiger partial charge on any atom is -0.371 e. The summed E-state index contributed by atoms with van der Waals surface area (Å²) in [5.74, 6) is 0.758. The summed E-state index contributed by atoms with van der Waals surface area (Å²) in [5.41, 5.74) is 2.56. The number of piperazine rings is 1. The van der Waals surface area contributed by atoms with Crippen molar-refractivity contribution in [2.45, 2.75) is 33.2 Å². The lowest BCUT2D eigenvalue weighted by Gasteiger charge is -2.35. The lowest BCUT2D eigenvalue weighted by molar-refractivity contribution is 0.117. The summed E-state index contributed by atoms with van der Waals surface area (Å²) < 4.78 is 0. The van der Waals surface area contributed by atoms with Crippen LogP contribution in [0, 0.1) is 5.92 Å². The number of benzene rings is 1. The van der Waals surface area contributed by atoms with Gasteiger partial charge in [-0.3, -0.25) is 4.90 Å². The highest BCUT2D eigenvalue weighted by atomic mass is 35.5. The molecule has 23 heavy (non-hydrogen) atoms. The summed E-state index contributed by atoms with van der Waals surface area (Å²) >= 11 is 6.56. The second-order valence-corrected chi connectivity index (χ2v) is 7.85. The molecule has 0 saturated carbocycles. The Balaban J connectivity index is 1.54. The van der Waals surface area contributed by atoms with E-state index in [0.29, 0.717) is 0 Å². The van der Waals surface area contributed by atoms with Crippen molar-refractivity contribution in [2.24, 2.45) is 5.92 Å². The SMILES string of the molecule is CC(C)CN1CCN(Cc2ccc(N3CCCC3)cc2Cl)CC1. The van der Waals surface area contributed by atoms with E-state index in [1.807, 2.05) is 0 Å². The van der Waals surface area contributed by atoms with Crippen LogP contribution in [0.15, 0.2) is 18.2 Å². The van der Waals surface area contributed by atoms with Gasteiger partial charge in [0, 0.05) is 63.1 Å². The van der Waals surface area contributed by atoms with Gasteiger partial charge in [0.1, 0.15) is 0 Å². The van der Waals surface area contributed by atoms with Crippen LogP contribution in [0.3, 0.4) is 0 Å². The molecule has 1 aromatic carbocycles. The summed E-state index contributed by atoms with van der Waals surface area (Å²) in [6.45, 7) is 13.8. The Labute approximate surface area is 146 Å². The minimum absolute atomic E-state index is 0.758. The van der Waals surface area contributed by atoms with Crippen LogP contribution in [0.2, 0.25) is 5.02 Å². The number of hydrogen-bond donors (Lipinski definition) is 0. The molecule has 0 N–H and O–H groups in total. The topological polar surface area (TPSA) is 9.72 Å². The molecule has 0 bridgehead atoms. The van der Waals surface area contributed by atoms with E-state index in [0.717, 1.165) is 30.6 Å². The Bertz CT molecular complexity index is 503. The molecule has 2 aliphatic heterocycles. The third kappa shape index (κ3) is 4.62. The van der Waals surface area contributed by atoms with E-state index < -0.39 is 0 Å². The van der Waals surface area contributed by atoms with E-state index in [4.69, 9.17) is 11.6 Å². The van der Waals surface area contributed by atoms with Crippen molar-refractivity contribution in [3.8, 4) is 0 Å². The van der Waals surface area contributed by atoms with Crippen LogP contribution in [0.4, 0.5) is 5.69 Å². The lowest BCUT2D eigenvalue weighted by atomic mass is 10.1. The van der Waals surface area contributed by atoms with Gasteiger partial charge >= 0.3 is 0 Å². The number of nitrogens with zero attached hydrogens (tertiary/aromatic N) is 3. The zero-order valence-electron chi connectivity index (χ0n) is 14.6. The van der Waals surface area contributed by atoms with Crippen LogP contribution in [0.25, 0.3) is 0 Å². The predicted octanol–water partition coefficient (Wildman–Crippen LogP) is 3.71. The molecule has 0 spiro atoms. The van der Waals surface area contributed by atoms with Crippen LogP contribution >= 0.6 is 11.6 Å². The Hall–Kier alpha value is -0.770. The molecule has 0 atom stereocenters. The number of anilines is 1. The first-order valence-electron chi connectivity index (χ1n) is 9.10. The molecule has 3 nitrogen and oxygen atoms in total. The van der Waals surface area contributed by atoms with Crippen LogP contribution in [-0.4, -0.2) is 55.6 Å². The molecule has 0 aliphatic carbocycles. The zero-order chi connectivity index (χ0) is 16.2. The number of halogens is 1. The van der Waals surface area contributed by atoms with Gasteiger partial charge in [0.05, 0.1) is 0 Å². The molecule has 2 aliphatic rings. The third-order valence-corrected chi connectivity index (χ3v) is 5.34. The Morgan fingerprint density at radius 2 is 1.61 bits per heavy atom. The van der Waals surface area contributed by atoms with Gasteiger partial charge in [-0.25, -0.2) is 0 Å². The van der Waals surface area contributed by atoms with E-state index in [-0.39, 0.29) is 0 Å². The normalized spacial score (nSPS) is 20.6. The van der Waals surface area contributed by atoms with E-state index in [2.05, 4.69) is 46.7 Å². The van der Waals surface area contributed by atoms with Gasteiger partial charge in [-0.15, -0.1) is 0 Å². The maximum Gasteiger partial charge on any atom is 0.0471 e. The molecule has 0 aromatic heterocycles. The van der Waals surface area contributed by atoms with Crippen LogP contribution in [0.5, 0.6) is 0 Å². The first-order valence-corrected chi connectivity index (χ1v) is 9.47. The van der Waals surface area contributed by atoms with Gasteiger partial charge in [-0.05, 0) is 36.5 Å². The molecule has 2 heterocycles. The molecule has 2 saturated heterocycles. The van der Waals surface area contributed by atoms with E-state index in [1.54, 1.807) is 0 Å². The zero-order valence-corrected chi connectivity index (χ0v) is 15.4. The van der Waals surface area contributed by atoms with Crippen molar-refractivity contribution in [1.29, 1.82) is 0 Å². The highest BCUT2D eigenvalue weighted by Gasteiger charge is 2.19. The molecule has 128 valence electrons. The average molecular weight is 336 g/mol. The van der Waals surface area contributed by atoms with Crippen molar-refractivity contribution in [2.75, 3.05) is 50.7 Å². The second-order valence-electron chi connectivity index (χ2n) is 7.44. The summed E-state index contributed by atoms with van der Waals surface area (Å²) in [6.07, 6.45) is 2.61. The fourth-order valence-electron chi connectivity index (χ4n) is 3.72. The maximum absolute atomic E-state index is 6.56. The van der Waals surface area contributed by atoms with E-state index in [1.165, 1.54) is 56.8 Å². The highest BCUT2D eigenvalue weighted by Crippen LogP contribution is 2.27. The molecule has 0 amide bonds. The molecule has 0 unspecified atom stereocenters. The standard InChI is InChI=1S/C19H30ClN3/c1-16(2)14-21-9-11-22(12-10-21)15-17-5-6-18(13-19(17)20)23-7-3-4-8-23/h5-6,13,16H,3-4,7-12,14-15H2,1-2H3. The Morgan fingerprint density at radius 3 is 2.22 bits per heavy atom. The Morgan fingerprint density at radius 1 is 0.957 bits per heavy atom. The lowest BCUT2D eigenvalue weighted by Crippen LogP contribution is -2.46. The summed E-state index contributed by atoms with van der Waals surface area (Å²) in [7, 11) is 0. The molecular formula is C19H30ClN3. The molecule has 3 rings (SSSR count). The fraction of sp³-hybridized carbons (Fsp3) is 0.684. The van der Waals surface area contributed by atoms with Gasteiger partial charge in [-0.1, -0.05) is 31.5 Å². The fourth-order valence-corrected chi connectivity index (χ4v) is 3.96. The first kappa shape index (κ1) is 17.1. The van der Waals surface area contributed by atoms with Crippen LogP contribution in [-0.2, 0) is 6.54 Å². The number of hydrogen-bond acceptors (Lipinski definition) is 3. The monoisotopic (exact) mass is 335 g/mol. The van der Waals surface area contributed by atoms with E-state index in [9.17, 15) is 0 Å². The van der Waals surface area contributed by atoms with Gasteiger partial charge in [0.15, 0.2) is 0 Å². The quantitative estimate of drug-likeness (QED) is 0.812. The largest absolute Gasteiger partial charge is 0.371 e. The van der Waals surface area contributed by atoms with Gasteiger partial charge in [-0.2, -0.15) is 0 Å². The van der Waals surface area contributed by atoms with Crippen molar-refractivity contribution >= 4 is 17.3 Å². The summed E-state index contributed by atoms with van der Waals surface area (Å²) in [6, 6.07) is 6.65. The molecular weight excluding hydrogens is 306 g/mol. The van der Waals surface area contributed by atoms with Crippen molar-refractivity contribution < 1.29 is 0 Å².